The number of nitriles is 1. The Bertz CT molecular complexity index is 795. The van der Waals surface area contributed by atoms with Gasteiger partial charge in [0.1, 0.15) is 11.5 Å². The van der Waals surface area contributed by atoms with Crippen molar-refractivity contribution in [3.8, 4) is 17.3 Å². The second-order valence-electron chi connectivity index (χ2n) is 4.28. The number of nitrogens with zero attached hydrogens (tertiary/aromatic N) is 3. The van der Waals surface area contributed by atoms with E-state index in [0.717, 1.165) is 24.3 Å². The highest BCUT2D eigenvalue weighted by Gasteiger charge is 2.28. The van der Waals surface area contributed by atoms with Gasteiger partial charge < -0.3 is 9.05 Å². The van der Waals surface area contributed by atoms with Gasteiger partial charge in [-0.15, -0.1) is 0 Å². The molecule has 0 spiro atoms. The quantitative estimate of drug-likeness (QED) is 0.436. The third-order valence-corrected chi connectivity index (χ3v) is 3.82. The van der Waals surface area contributed by atoms with Crippen molar-refractivity contribution in [2.45, 2.75) is 0 Å². The number of hydrogen-bond donors (Lipinski definition) is 0. The van der Waals surface area contributed by atoms with Gasteiger partial charge in [0.25, 0.3) is 11.4 Å². The van der Waals surface area contributed by atoms with Crippen molar-refractivity contribution >= 4 is 19.0 Å². The number of hydrogen-bond acceptors (Lipinski definition) is 8. The fraction of sp³-hybridized carbons (Fsp3) is 0. The van der Waals surface area contributed by atoms with Crippen LogP contribution in [0.15, 0.2) is 48.5 Å². The van der Waals surface area contributed by atoms with Gasteiger partial charge in [-0.2, -0.15) is 5.26 Å². The third-order valence-electron chi connectivity index (χ3n) is 2.67. The summed E-state index contributed by atoms with van der Waals surface area (Å²) in [5.74, 6) is 1.27. The first-order valence-electron chi connectivity index (χ1n) is 6.22. The first-order valence-corrected chi connectivity index (χ1v) is 7.77. The van der Waals surface area contributed by atoms with Gasteiger partial charge in [-0.3, -0.25) is 20.2 Å². The van der Waals surface area contributed by atoms with Gasteiger partial charge in [-0.1, -0.05) is 0 Å². The summed E-state index contributed by atoms with van der Waals surface area (Å²) in [6.07, 6.45) is 0. The summed E-state index contributed by atoms with van der Waals surface area (Å²) in [5, 5.41) is 30.1. The van der Waals surface area contributed by atoms with Crippen LogP contribution in [0.25, 0.3) is 0 Å². The molecular weight excluding hydrogens is 341 g/mol. The molecule has 0 aliphatic heterocycles. The minimum absolute atomic E-state index is 0.0626. The third kappa shape index (κ3) is 4.06. The van der Waals surface area contributed by atoms with E-state index >= 15 is 0 Å². The van der Waals surface area contributed by atoms with Crippen LogP contribution in [0.5, 0.6) is 11.5 Å². The SMILES string of the molecule is N#CP(=O)(Oc1ccc([N+](=O)[O-])cc1)Oc1ccc([N+](=O)[O-])cc1. The summed E-state index contributed by atoms with van der Waals surface area (Å²) < 4.78 is 22.3. The average Bonchev–Trinajstić information content (AvgIpc) is 2.55. The minimum atomic E-state index is -4.26. The van der Waals surface area contributed by atoms with E-state index in [4.69, 9.17) is 14.3 Å². The van der Waals surface area contributed by atoms with Crippen molar-refractivity contribution in [1.82, 2.24) is 0 Å². The van der Waals surface area contributed by atoms with Crippen molar-refractivity contribution in [1.29, 1.82) is 5.26 Å². The van der Waals surface area contributed by atoms with E-state index in [0.29, 0.717) is 0 Å². The van der Waals surface area contributed by atoms with Gasteiger partial charge in [0, 0.05) is 24.3 Å². The van der Waals surface area contributed by atoms with E-state index in [1.54, 1.807) is 0 Å². The first-order chi connectivity index (χ1) is 11.3. The first kappa shape index (κ1) is 16.9. The van der Waals surface area contributed by atoms with Crippen LogP contribution < -0.4 is 9.05 Å². The van der Waals surface area contributed by atoms with Crippen LogP contribution in [0, 0.1) is 31.3 Å². The van der Waals surface area contributed by atoms with Gasteiger partial charge in [-0.25, -0.2) is 4.57 Å². The molecule has 10 nitrogen and oxygen atoms in total. The minimum Gasteiger partial charge on any atom is -0.406 e. The zero-order valence-corrected chi connectivity index (χ0v) is 12.7. The Balaban J connectivity index is 2.16. The lowest BCUT2D eigenvalue weighted by atomic mass is 10.3. The molecule has 0 N–H and O–H groups in total. The van der Waals surface area contributed by atoms with Crippen LogP contribution in [0.4, 0.5) is 11.4 Å². The van der Waals surface area contributed by atoms with Gasteiger partial charge in [0.05, 0.1) is 9.85 Å². The maximum Gasteiger partial charge on any atom is 0.535 e. The van der Waals surface area contributed by atoms with Crippen LogP contribution in [0.2, 0.25) is 0 Å². The van der Waals surface area contributed by atoms with Crippen LogP contribution in [0.1, 0.15) is 0 Å². The monoisotopic (exact) mass is 349 g/mol. The molecule has 2 rings (SSSR count). The molecule has 24 heavy (non-hydrogen) atoms. The average molecular weight is 349 g/mol. The van der Waals surface area contributed by atoms with Crippen molar-refractivity contribution in [3.05, 3.63) is 68.8 Å². The largest absolute Gasteiger partial charge is 0.535 e. The lowest BCUT2D eigenvalue weighted by molar-refractivity contribution is -0.385. The van der Waals surface area contributed by atoms with Crippen molar-refractivity contribution in [2.24, 2.45) is 0 Å². The van der Waals surface area contributed by atoms with Crippen molar-refractivity contribution in [3.63, 3.8) is 0 Å². The molecule has 0 saturated carbocycles. The van der Waals surface area contributed by atoms with Crippen molar-refractivity contribution in [2.75, 3.05) is 0 Å². The summed E-state index contributed by atoms with van der Waals surface area (Å²) in [7, 11) is -4.26. The molecule has 0 aromatic heterocycles. The smallest absolute Gasteiger partial charge is 0.406 e. The lowest BCUT2D eigenvalue weighted by Crippen LogP contribution is -1.99. The number of nitro groups is 2. The zero-order valence-electron chi connectivity index (χ0n) is 11.8. The topological polar surface area (TPSA) is 146 Å². The van der Waals surface area contributed by atoms with Crippen LogP contribution >= 0.6 is 7.60 Å². The standard InChI is InChI=1S/C13H8N3O7P/c14-9-24(21,22-12-5-1-10(2-6-12)15(17)18)23-13-7-3-11(4-8-13)16(19)20/h1-8H. The second-order valence-corrected chi connectivity index (χ2v) is 5.84. The molecule has 0 atom stereocenters. The number of non-ortho nitro benzene ring substituents is 2. The molecule has 0 aliphatic rings. The molecule has 122 valence electrons. The van der Waals surface area contributed by atoms with Gasteiger partial charge in [-0.05, 0) is 24.3 Å². The molecule has 0 fully saturated rings. The molecule has 2 aromatic rings. The van der Waals surface area contributed by atoms with Gasteiger partial charge >= 0.3 is 7.60 Å². The molecular formula is C13H8N3O7P. The predicted molar refractivity (Wildman–Crippen MR) is 80.7 cm³/mol. The van der Waals surface area contributed by atoms with Crippen LogP contribution in [-0.4, -0.2) is 9.85 Å². The Labute approximate surface area is 134 Å². The lowest BCUT2D eigenvalue weighted by Gasteiger charge is -2.13. The number of rotatable bonds is 6. The number of benzene rings is 2. The summed E-state index contributed by atoms with van der Waals surface area (Å²) in [6.45, 7) is 0. The fourth-order valence-corrected chi connectivity index (χ4v) is 2.51. The Morgan fingerprint density at radius 3 is 1.42 bits per heavy atom. The Hall–Kier alpha value is -3.44. The highest BCUT2D eigenvalue weighted by Crippen LogP contribution is 2.47. The molecule has 2 aromatic carbocycles. The van der Waals surface area contributed by atoms with E-state index in [1.165, 1.54) is 30.1 Å². The molecule has 0 amide bonds. The molecule has 11 heteroatoms. The van der Waals surface area contributed by atoms with E-state index in [-0.39, 0.29) is 22.9 Å². The van der Waals surface area contributed by atoms with E-state index < -0.39 is 17.4 Å². The van der Waals surface area contributed by atoms with E-state index in [1.807, 2.05) is 0 Å². The van der Waals surface area contributed by atoms with E-state index in [2.05, 4.69) is 0 Å². The highest BCUT2D eigenvalue weighted by atomic mass is 31.2. The summed E-state index contributed by atoms with van der Waals surface area (Å²) in [6, 6.07) is 9.13. The molecule has 0 bridgehead atoms. The summed E-state index contributed by atoms with van der Waals surface area (Å²) >= 11 is 0. The Morgan fingerprint density at radius 2 is 1.17 bits per heavy atom. The summed E-state index contributed by atoms with van der Waals surface area (Å²) in [5.41, 5.74) is -0.407. The molecule has 0 radical (unpaired) electrons. The number of nitro benzene ring substituents is 2. The van der Waals surface area contributed by atoms with Gasteiger partial charge in [0.2, 0.25) is 5.81 Å². The van der Waals surface area contributed by atoms with Gasteiger partial charge in [0.15, 0.2) is 0 Å². The Kier molecular flexibility index (Phi) is 4.77. The molecule has 0 unspecified atom stereocenters. The van der Waals surface area contributed by atoms with Crippen LogP contribution in [-0.2, 0) is 4.57 Å². The highest BCUT2D eigenvalue weighted by molar-refractivity contribution is 7.59. The zero-order chi connectivity index (χ0) is 17.7. The molecule has 0 heterocycles. The maximum absolute atomic E-state index is 12.3. The van der Waals surface area contributed by atoms with E-state index in [9.17, 15) is 24.8 Å². The predicted octanol–water partition coefficient (Wildman–Crippen LogP) is 3.63. The summed E-state index contributed by atoms with van der Waals surface area (Å²) in [4.78, 5) is 19.9. The maximum atomic E-state index is 12.3. The molecule has 0 saturated heterocycles. The van der Waals surface area contributed by atoms with Crippen molar-refractivity contribution < 1.29 is 23.5 Å². The second kappa shape index (κ2) is 6.76. The normalized spacial score (nSPS) is 10.5. The molecule has 0 aliphatic carbocycles. The van der Waals surface area contributed by atoms with Crippen LogP contribution in [0.3, 0.4) is 0 Å². The fourth-order valence-electron chi connectivity index (χ4n) is 1.59. The Morgan fingerprint density at radius 1 is 0.833 bits per heavy atom.